The zero-order valence-corrected chi connectivity index (χ0v) is 12.7. The Bertz CT molecular complexity index is 675. The van der Waals surface area contributed by atoms with Gasteiger partial charge in [-0.05, 0) is 24.6 Å². The molecule has 0 radical (unpaired) electrons. The Balaban J connectivity index is 1.75. The van der Waals surface area contributed by atoms with Crippen LogP contribution in [0.25, 0.3) is 0 Å². The van der Waals surface area contributed by atoms with Crippen molar-refractivity contribution in [3.63, 3.8) is 0 Å². The minimum absolute atomic E-state index is 0.0336. The Morgan fingerprint density at radius 1 is 1.05 bits per heavy atom. The minimum atomic E-state index is 0.0336. The van der Waals surface area contributed by atoms with Crippen molar-refractivity contribution in [1.82, 2.24) is 9.55 Å². The third kappa shape index (κ3) is 3.76. The largest absolute Gasteiger partial charge is 0.486 e. The fourth-order valence-electron chi connectivity index (χ4n) is 2.43. The van der Waals surface area contributed by atoms with Gasteiger partial charge in [0, 0.05) is 25.4 Å². The summed E-state index contributed by atoms with van der Waals surface area (Å²) in [5.74, 6) is 0.907. The van der Waals surface area contributed by atoms with E-state index >= 15 is 0 Å². The zero-order valence-electron chi connectivity index (χ0n) is 12.7. The van der Waals surface area contributed by atoms with E-state index in [2.05, 4.69) is 52.9 Å². The van der Waals surface area contributed by atoms with E-state index in [1.807, 2.05) is 30.7 Å². The maximum atomic E-state index is 6.22. The van der Waals surface area contributed by atoms with Gasteiger partial charge in [0.15, 0.2) is 0 Å². The van der Waals surface area contributed by atoms with Crippen molar-refractivity contribution in [2.24, 2.45) is 0 Å². The first kappa shape index (κ1) is 14.4. The lowest BCUT2D eigenvalue weighted by Crippen LogP contribution is -2.11. The normalized spacial score (nSPS) is 12.0. The highest BCUT2D eigenvalue weighted by Gasteiger charge is 2.13. The molecular weight excluding hydrogens is 272 g/mol. The third-order valence-corrected chi connectivity index (χ3v) is 3.68. The maximum Gasteiger partial charge on any atom is 0.125 e. The standard InChI is InChI=1S/C19H20N2O/c1-16-7-9-18(10-8-16)22-19(17-5-3-2-4-6-17)11-13-21-14-12-20-15-21/h2-10,12,14-15,19H,11,13H2,1H3/t19-/m1/s1. The fourth-order valence-corrected chi connectivity index (χ4v) is 2.43. The molecule has 0 N–H and O–H groups in total. The number of benzene rings is 2. The molecule has 0 unspecified atom stereocenters. The zero-order chi connectivity index (χ0) is 15.2. The second-order valence-corrected chi connectivity index (χ2v) is 5.42. The summed E-state index contributed by atoms with van der Waals surface area (Å²) in [6, 6.07) is 18.6. The lowest BCUT2D eigenvalue weighted by molar-refractivity contribution is 0.188. The van der Waals surface area contributed by atoms with Crippen LogP contribution in [0.1, 0.15) is 23.7 Å². The summed E-state index contributed by atoms with van der Waals surface area (Å²) < 4.78 is 8.30. The topological polar surface area (TPSA) is 27.1 Å². The lowest BCUT2D eigenvalue weighted by atomic mass is 10.1. The number of nitrogens with zero attached hydrogens (tertiary/aromatic N) is 2. The van der Waals surface area contributed by atoms with Gasteiger partial charge in [-0.2, -0.15) is 0 Å². The van der Waals surface area contributed by atoms with E-state index in [9.17, 15) is 0 Å². The molecular formula is C19H20N2O. The molecule has 3 nitrogen and oxygen atoms in total. The summed E-state index contributed by atoms with van der Waals surface area (Å²) in [4.78, 5) is 4.09. The van der Waals surface area contributed by atoms with Crippen molar-refractivity contribution < 1.29 is 4.74 Å². The van der Waals surface area contributed by atoms with Crippen LogP contribution in [0.15, 0.2) is 73.3 Å². The number of aryl methyl sites for hydroxylation is 2. The predicted molar refractivity (Wildman–Crippen MR) is 87.8 cm³/mol. The first-order valence-electron chi connectivity index (χ1n) is 7.55. The van der Waals surface area contributed by atoms with Crippen molar-refractivity contribution in [3.05, 3.63) is 84.4 Å². The number of imidazole rings is 1. The molecule has 0 saturated heterocycles. The molecule has 0 saturated carbocycles. The molecule has 0 aliphatic rings. The quantitative estimate of drug-likeness (QED) is 0.673. The summed E-state index contributed by atoms with van der Waals surface area (Å²) in [6.45, 7) is 2.96. The first-order valence-corrected chi connectivity index (χ1v) is 7.55. The number of rotatable bonds is 6. The van der Waals surface area contributed by atoms with Gasteiger partial charge in [-0.25, -0.2) is 4.98 Å². The van der Waals surface area contributed by atoms with Crippen LogP contribution in [0.3, 0.4) is 0 Å². The Kier molecular flexibility index (Phi) is 4.54. The Hall–Kier alpha value is -2.55. The van der Waals surface area contributed by atoms with Gasteiger partial charge in [-0.1, -0.05) is 48.0 Å². The molecule has 0 bridgehead atoms. The van der Waals surface area contributed by atoms with Crippen LogP contribution < -0.4 is 4.74 Å². The Labute approximate surface area is 131 Å². The van der Waals surface area contributed by atoms with E-state index < -0.39 is 0 Å². The van der Waals surface area contributed by atoms with Crippen LogP contribution in [0.2, 0.25) is 0 Å². The van der Waals surface area contributed by atoms with Gasteiger partial charge < -0.3 is 9.30 Å². The Morgan fingerprint density at radius 3 is 2.50 bits per heavy atom. The van der Waals surface area contributed by atoms with Gasteiger partial charge in [0.05, 0.1) is 6.33 Å². The molecule has 0 aliphatic heterocycles. The molecule has 112 valence electrons. The van der Waals surface area contributed by atoms with Gasteiger partial charge in [-0.3, -0.25) is 0 Å². The molecule has 3 heteroatoms. The number of ether oxygens (including phenoxy) is 1. The summed E-state index contributed by atoms with van der Waals surface area (Å²) in [7, 11) is 0. The molecule has 0 spiro atoms. The summed E-state index contributed by atoms with van der Waals surface area (Å²) in [5.41, 5.74) is 2.44. The van der Waals surface area contributed by atoms with E-state index in [1.54, 1.807) is 6.20 Å². The van der Waals surface area contributed by atoms with E-state index in [0.29, 0.717) is 0 Å². The molecule has 22 heavy (non-hydrogen) atoms. The molecule has 0 aliphatic carbocycles. The molecule has 0 amide bonds. The monoisotopic (exact) mass is 292 g/mol. The Morgan fingerprint density at radius 2 is 1.82 bits per heavy atom. The van der Waals surface area contributed by atoms with Crippen LogP contribution >= 0.6 is 0 Å². The van der Waals surface area contributed by atoms with Crippen molar-refractivity contribution in [1.29, 1.82) is 0 Å². The van der Waals surface area contributed by atoms with Crippen LogP contribution in [0.5, 0.6) is 5.75 Å². The van der Waals surface area contributed by atoms with E-state index in [0.717, 1.165) is 18.7 Å². The minimum Gasteiger partial charge on any atom is -0.486 e. The number of hydrogen-bond donors (Lipinski definition) is 0. The summed E-state index contributed by atoms with van der Waals surface area (Å²) in [6.07, 6.45) is 6.56. The van der Waals surface area contributed by atoms with E-state index in [-0.39, 0.29) is 6.10 Å². The van der Waals surface area contributed by atoms with Gasteiger partial charge in [0.2, 0.25) is 0 Å². The van der Waals surface area contributed by atoms with Crippen molar-refractivity contribution in [3.8, 4) is 5.75 Å². The van der Waals surface area contributed by atoms with Crippen LogP contribution in [0, 0.1) is 6.92 Å². The second kappa shape index (κ2) is 6.94. The van der Waals surface area contributed by atoms with Crippen LogP contribution in [0.4, 0.5) is 0 Å². The summed E-state index contributed by atoms with van der Waals surface area (Å²) >= 11 is 0. The summed E-state index contributed by atoms with van der Waals surface area (Å²) in [5, 5.41) is 0. The molecule has 2 aromatic carbocycles. The highest BCUT2D eigenvalue weighted by atomic mass is 16.5. The maximum absolute atomic E-state index is 6.22. The van der Waals surface area contributed by atoms with Crippen molar-refractivity contribution in [2.75, 3.05) is 0 Å². The molecule has 1 aromatic heterocycles. The average Bonchev–Trinajstić information content (AvgIpc) is 3.07. The highest BCUT2D eigenvalue weighted by molar-refractivity contribution is 5.28. The molecule has 3 rings (SSSR count). The molecule has 3 aromatic rings. The van der Waals surface area contributed by atoms with Crippen LogP contribution in [-0.2, 0) is 6.54 Å². The van der Waals surface area contributed by atoms with Gasteiger partial charge >= 0.3 is 0 Å². The fraction of sp³-hybridized carbons (Fsp3) is 0.211. The lowest BCUT2D eigenvalue weighted by Gasteiger charge is -2.20. The van der Waals surface area contributed by atoms with Gasteiger partial charge in [0.1, 0.15) is 11.9 Å². The molecule has 1 heterocycles. The number of hydrogen-bond acceptors (Lipinski definition) is 2. The van der Waals surface area contributed by atoms with Gasteiger partial charge in [0.25, 0.3) is 0 Å². The van der Waals surface area contributed by atoms with Crippen molar-refractivity contribution >= 4 is 0 Å². The smallest absolute Gasteiger partial charge is 0.125 e. The van der Waals surface area contributed by atoms with Gasteiger partial charge in [-0.15, -0.1) is 0 Å². The third-order valence-electron chi connectivity index (χ3n) is 3.68. The second-order valence-electron chi connectivity index (χ2n) is 5.42. The number of aromatic nitrogens is 2. The molecule has 1 atom stereocenters. The van der Waals surface area contributed by atoms with E-state index in [1.165, 1.54) is 11.1 Å². The average molecular weight is 292 g/mol. The van der Waals surface area contributed by atoms with Crippen LogP contribution in [-0.4, -0.2) is 9.55 Å². The first-order chi connectivity index (χ1) is 10.8. The molecule has 0 fully saturated rings. The highest BCUT2D eigenvalue weighted by Crippen LogP contribution is 2.25. The van der Waals surface area contributed by atoms with E-state index in [4.69, 9.17) is 4.74 Å². The predicted octanol–water partition coefficient (Wildman–Crippen LogP) is 4.40. The van der Waals surface area contributed by atoms with Crippen molar-refractivity contribution in [2.45, 2.75) is 26.0 Å². The SMILES string of the molecule is Cc1ccc(O[C@H](CCn2ccnc2)c2ccccc2)cc1.